The molecule has 0 radical (unpaired) electrons. The molecule has 14 heteroatoms. The van der Waals surface area contributed by atoms with Crippen LogP contribution in [0.5, 0.6) is 0 Å². The summed E-state index contributed by atoms with van der Waals surface area (Å²) in [5.41, 5.74) is 11.1. The summed E-state index contributed by atoms with van der Waals surface area (Å²) in [6, 6.07) is -2.06. The van der Waals surface area contributed by atoms with Gasteiger partial charge in [0.25, 0.3) is 0 Å². The number of aliphatic hydroxyl groups excluding tert-OH is 3. The fourth-order valence-corrected chi connectivity index (χ4v) is 5.33. The highest BCUT2D eigenvalue weighted by Crippen LogP contribution is 2.36. The molecule has 1 aliphatic heterocycles. The molecular weight excluding hydrogens is 468 g/mol. The third-order valence-electron chi connectivity index (χ3n) is 4.93. The topological polar surface area (TPSA) is 223 Å². The Labute approximate surface area is 193 Å². The Bertz CT molecular complexity index is 655. The summed E-state index contributed by atoms with van der Waals surface area (Å²) in [5, 5.41) is 49.5. The summed E-state index contributed by atoms with van der Waals surface area (Å²) in [4.78, 5) is 34.3. The highest BCUT2D eigenvalue weighted by Gasteiger charge is 2.50. The zero-order valence-corrected chi connectivity index (χ0v) is 19.5. The van der Waals surface area contributed by atoms with Gasteiger partial charge >= 0.3 is 11.9 Å². The molecule has 4 unspecified atom stereocenters. The number of carboxylic acid groups (broad SMARTS) is 1. The van der Waals surface area contributed by atoms with Gasteiger partial charge in [0.05, 0.1) is 24.4 Å². The van der Waals surface area contributed by atoms with E-state index in [4.69, 9.17) is 26.0 Å². The first-order valence-corrected chi connectivity index (χ1v) is 12.4. The van der Waals surface area contributed by atoms with Gasteiger partial charge in [0.2, 0.25) is 5.79 Å². The first kappa shape index (κ1) is 29.1. The molecule has 0 amide bonds. The lowest BCUT2D eigenvalue weighted by atomic mass is 9.81. The van der Waals surface area contributed by atoms with Gasteiger partial charge in [-0.15, -0.1) is 0 Å². The molecule has 0 spiro atoms. The summed E-state index contributed by atoms with van der Waals surface area (Å²) in [5.74, 6) is -5.53. The summed E-state index contributed by atoms with van der Waals surface area (Å²) in [6.07, 6.45) is -5.33. The maximum absolute atomic E-state index is 12.0. The Hall–Kier alpha value is -0.970. The SMILES string of the molecule is CC(=O)C1(O)CC(O)C([C@@H](C)O)C(C[C@H](O)COC(=O)[C@H](N)CSSC[C@@H](N)C(=O)O)O1. The second-order valence-corrected chi connectivity index (χ2v) is 10.3. The molecule has 1 heterocycles. The van der Waals surface area contributed by atoms with E-state index < -0.39 is 79.0 Å². The third-order valence-corrected chi connectivity index (χ3v) is 7.41. The summed E-state index contributed by atoms with van der Waals surface area (Å²) in [7, 11) is 2.30. The zero-order chi connectivity index (χ0) is 24.6. The number of hydrogen-bond donors (Lipinski definition) is 7. The van der Waals surface area contributed by atoms with E-state index >= 15 is 0 Å². The van der Waals surface area contributed by atoms with Crippen LogP contribution in [0.3, 0.4) is 0 Å². The molecule has 1 rings (SSSR count). The second kappa shape index (κ2) is 13.1. The van der Waals surface area contributed by atoms with Crippen molar-refractivity contribution in [1.29, 1.82) is 0 Å². The Kier molecular flexibility index (Phi) is 11.9. The summed E-state index contributed by atoms with van der Waals surface area (Å²) < 4.78 is 10.4. The summed E-state index contributed by atoms with van der Waals surface area (Å²) in [6.45, 7) is 2.04. The number of aliphatic hydroxyl groups is 4. The normalized spacial score (nSPS) is 29.6. The van der Waals surface area contributed by atoms with Crippen molar-refractivity contribution < 1.29 is 49.4 Å². The van der Waals surface area contributed by atoms with Crippen LogP contribution in [0.4, 0.5) is 0 Å². The molecular formula is C18H32N2O10S2. The van der Waals surface area contributed by atoms with Crippen molar-refractivity contribution in [2.75, 3.05) is 18.1 Å². The number of nitrogens with two attached hydrogens (primary N) is 2. The number of ketones is 1. The van der Waals surface area contributed by atoms with E-state index in [-0.39, 0.29) is 17.9 Å². The number of carbonyl (C=O) groups is 3. The molecule has 0 aliphatic carbocycles. The Morgan fingerprint density at radius 2 is 1.75 bits per heavy atom. The van der Waals surface area contributed by atoms with Crippen LogP contribution in [0.2, 0.25) is 0 Å². The van der Waals surface area contributed by atoms with Crippen molar-refractivity contribution >= 4 is 39.3 Å². The van der Waals surface area contributed by atoms with Crippen LogP contribution < -0.4 is 11.5 Å². The van der Waals surface area contributed by atoms with Crippen molar-refractivity contribution in [3.63, 3.8) is 0 Å². The molecule has 0 aromatic carbocycles. The average molecular weight is 501 g/mol. The van der Waals surface area contributed by atoms with Gasteiger partial charge < -0.3 is 46.5 Å². The fourth-order valence-electron chi connectivity index (χ4n) is 3.11. The predicted molar refractivity (Wildman–Crippen MR) is 116 cm³/mol. The molecule has 1 fully saturated rings. The minimum Gasteiger partial charge on any atom is -0.480 e. The van der Waals surface area contributed by atoms with Crippen LogP contribution in [0, 0.1) is 5.92 Å². The second-order valence-electron chi connectivity index (χ2n) is 7.73. The van der Waals surface area contributed by atoms with E-state index in [1.807, 2.05) is 0 Å². The largest absolute Gasteiger partial charge is 0.480 e. The van der Waals surface area contributed by atoms with Crippen LogP contribution in [0.25, 0.3) is 0 Å². The Morgan fingerprint density at radius 1 is 1.19 bits per heavy atom. The minimum atomic E-state index is -2.24. The lowest BCUT2D eigenvalue weighted by Crippen LogP contribution is -2.58. The van der Waals surface area contributed by atoms with E-state index in [9.17, 15) is 34.8 Å². The van der Waals surface area contributed by atoms with E-state index in [0.29, 0.717) is 0 Å². The fraction of sp³-hybridized carbons (Fsp3) is 0.833. The molecule has 1 aliphatic rings. The van der Waals surface area contributed by atoms with Gasteiger partial charge in [-0.1, -0.05) is 21.6 Å². The molecule has 0 bridgehead atoms. The maximum Gasteiger partial charge on any atom is 0.323 e. The monoisotopic (exact) mass is 500 g/mol. The van der Waals surface area contributed by atoms with Gasteiger partial charge in [-0.05, 0) is 6.92 Å². The number of ether oxygens (including phenoxy) is 2. The van der Waals surface area contributed by atoms with Crippen molar-refractivity contribution in [3.05, 3.63) is 0 Å². The maximum atomic E-state index is 12.0. The molecule has 32 heavy (non-hydrogen) atoms. The highest BCUT2D eigenvalue weighted by molar-refractivity contribution is 8.76. The summed E-state index contributed by atoms with van der Waals surface area (Å²) >= 11 is 0. The van der Waals surface area contributed by atoms with Crippen LogP contribution in [0.1, 0.15) is 26.7 Å². The van der Waals surface area contributed by atoms with Gasteiger partial charge in [0.15, 0.2) is 5.78 Å². The van der Waals surface area contributed by atoms with Crippen LogP contribution in [0.15, 0.2) is 0 Å². The van der Waals surface area contributed by atoms with Gasteiger partial charge in [-0.3, -0.25) is 14.4 Å². The van der Waals surface area contributed by atoms with Crippen molar-refractivity contribution in [1.82, 2.24) is 0 Å². The smallest absolute Gasteiger partial charge is 0.323 e. The van der Waals surface area contributed by atoms with Gasteiger partial charge in [0.1, 0.15) is 18.7 Å². The molecule has 186 valence electrons. The van der Waals surface area contributed by atoms with E-state index in [2.05, 4.69) is 0 Å². The van der Waals surface area contributed by atoms with Crippen molar-refractivity contribution in [2.45, 2.75) is 69.0 Å². The third kappa shape index (κ3) is 8.76. The number of Topliss-reactive ketones (excluding diaryl/α,β-unsaturated/α-hetero) is 1. The lowest BCUT2D eigenvalue weighted by molar-refractivity contribution is -0.285. The number of hydrogen-bond acceptors (Lipinski definition) is 13. The first-order valence-electron chi connectivity index (χ1n) is 9.89. The highest BCUT2D eigenvalue weighted by atomic mass is 33.1. The Morgan fingerprint density at radius 3 is 2.25 bits per heavy atom. The van der Waals surface area contributed by atoms with Gasteiger partial charge in [-0.2, -0.15) is 0 Å². The van der Waals surface area contributed by atoms with Gasteiger partial charge in [-0.25, -0.2) is 0 Å². The van der Waals surface area contributed by atoms with Gasteiger partial charge in [0, 0.05) is 37.2 Å². The number of rotatable bonds is 13. The van der Waals surface area contributed by atoms with Crippen molar-refractivity contribution in [3.8, 4) is 0 Å². The van der Waals surface area contributed by atoms with E-state index in [0.717, 1.165) is 28.5 Å². The molecule has 12 nitrogen and oxygen atoms in total. The number of carboxylic acids is 1. The molecule has 9 N–H and O–H groups in total. The zero-order valence-electron chi connectivity index (χ0n) is 17.8. The molecule has 0 aromatic heterocycles. The number of esters is 1. The number of aliphatic carboxylic acids is 1. The minimum absolute atomic E-state index is 0.125. The van der Waals surface area contributed by atoms with Crippen molar-refractivity contribution in [2.24, 2.45) is 17.4 Å². The van der Waals surface area contributed by atoms with Crippen LogP contribution in [-0.4, -0.2) is 104 Å². The predicted octanol–water partition coefficient (Wildman–Crippen LogP) is -2.17. The average Bonchev–Trinajstić information content (AvgIpc) is 2.67. The molecule has 0 saturated carbocycles. The molecule has 1 saturated heterocycles. The molecule has 8 atom stereocenters. The standard InChI is InChI=1S/C18H32N2O10S2/c1-8(21)15-13(24)4-18(28,9(2)22)30-14(15)3-10(23)5-29-17(27)12(20)7-32-31-6-11(19)16(25)26/h8,10-15,21,23-24,28H,3-7,19-20H2,1-2H3,(H,25,26)/t8-,10+,11-,12-,13?,14?,15?,18?/m1/s1. The van der Waals surface area contributed by atoms with E-state index in [1.165, 1.54) is 6.92 Å². The Balaban J connectivity index is 2.53. The first-order chi connectivity index (χ1) is 14.8. The molecule has 0 aromatic rings. The van der Waals surface area contributed by atoms with Crippen LogP contribution >= 0.6 is 21.6 Å². The van der Waals surface area contributed by atoms with E-state index in [1.54, 1.807) is 0 Å². The number of carbonyl (C=O) groups excluding carboxylic acids is 2. The quantitative estimate of drug-likeness (QED) is 0.0812. The van der Waals surface area contributed by atoms with Crippen LogP contribution in [-0.2, 0) is 23.9 Å². The lowest BCUT2D eigenvalue weighted by Gasteiger charge is -2.44.